The number of imidazole rings is 1. The average molecular weight is 278 g/mol. The number of nitrogens with zero attached hydrogens (tertiary/aromatic N) is 2. The normalized spacial score (nSPS) is 16.4. The van der Waals surface area contributed by atoms with Crippen LogP contribution >= 0.6 is 0 Å². The van der Waals surface area contributed by atoms with Gasteiger partial charge in [0.2, 0.25) is 0 Å². The van der Waals surface area contributed by atoms with Crippen LogP contribution in [-0.4, -0.2) is 51.1 Å². The molecular formula is C13H18N4O3. The molecule has 3 N–H and O–H groups in total. The van der Waals surface area contributed by atoms with Crippen molar-refractivity contribution in [2.45, 2.75) is 25.8 Å². The van der Waals surface area contributed by atoms with E-state index >= 15 is 0 Å². The highest BCUT2D eigenvalue weighted by molar-refractivity contribution is 5.83. The fourth-order valence-electron chi connectivity index (χ4n) is 2.14. The Morgan fingerprint density at radius 3 is 3.00 bits per heavy atom. The summed E-state index contributed by atoms with van der Waals surface area (Å²) in [6.45, 7) is 3.11. The minimum absolute atomic E-state index is 0.184. The fraction of sp³-hybridized carbons (Fsp3) is 0.462. The standard InChI is InChI=1S/C13H18N4O3/c1-9-3-2-4-17(7-9)13(20)16-11(12(18)19)5-10-6-14-8-15-10/h3,6,8,11H,2,4-5,7H2,1H3,(H,14,15)(H,16,20)(H,18,19)/t11-/m0/s1. The Labute approximate surface area is 116 Å². The van der Waals surface area contributed by atoms with Crippen LogP contribution in [0.2, 0.25) is 0 Å². The number of urea groups is 1. The van der Waals surface area contributed by atoms with Crippen molar-refractivity contribution in [1.29, 1.82) is 0 Å². The predicted octanol–water partition coefficient (Wildman–Crippen LogP) is 0.767. The van der Waals surface area contributed by atoms with Crippen LogP contribution in [0.25, 0.3) is 0 Å². The SMILES string of the molecule is CC1=CCCN(C(=O)N[C@@H](Cc2cnc[nH]2)C(=O)O)C1. The Kier molecular flexibility index (Phi) is 4.39. The average Bonchev–Trinajstić information content (AvgIpc) is 2.90. The van der Waals surface area contributed by atoms with Crippen LogP contribution in [0.5, 0.6) is 0 Å². The van der Waals surface area contributed by atoms with E-state index in [1.165, 1.54) is 6.33 Å². The Balaban J connectivity index is 1.96. The number of aromatic nitrogens is 2. The number of carboxylic acids is 1. The third kappa shape index (κ3) is 3.59. The number of nitrogens with one attached hydrogen (secondary N) is 2. The molecule has 0 spiro atoms. The van der Waals surface area contributed by atoms with Crippen molar-refractivity contribution in [1.82, 2.24) is 20.2 Å². The molecule has 0 saturated carbocycles. The molecule has 1 aromatic heterocycles. The Bertz CT molecular complexity index is 510. The second-order valence-electron chi connectivity index (χ2n) is 4.88. The minimum atomic E-state index is -1.06. The van der Waals surface area contributed by atoms with E-state index in [9.17, 15) is 14.7 Å². The molecule has 0 fully saturated rings. The Morgan fingerprint density at radius 1 is 1.60 bits per heavy atom. The maximum atomic E-state index is 12.1. The summed E-state index contributed by atoms with van der Waals surface area (Å²) in [5, 5.41) is 11.7. The van der Waals surface area contributed by atoms with Crippen molar-refractivity contribution in [3.8, 4) is 0 Å². The molecular weight excluding hydrogens is 260 g/mol. The van der Waals surface area contributed by atoms with Crippen LogP contribution in [0.15, 0.2) is 24.2 Å². The molecule has 0 aromatic carbocycles. The summed E-state index contributed by atoms with van der Waals surface area (Å²) in [7, 11) is 0. The van der Waals surface area contributed by atoms with E-state index in [1.807, 2.05) is 6.92 Å². The highest BCUT2D eigenvalue weighted by Crippen LogP contribution is 2.09. The third-order valence-corrected chi connectivity index (χ3v) is 3.19. The number of carbonyl (C=O) groups is 2. The second-order valence-corrected chi connectivity index (χ2v) is 4.88. The van der Waals surface area contributed by atoms with Crippen LogP contribution in [0, 0.1) is 0 Å². The van der Waals surface area contributed by atoms with Crippen LogP contribution < -0.4 is 5.32 Å². The fourth-order valence-corrected chi connectivity index (χ4v) is 2.14. The van der Waals surface area contributed by atoms with Gasteiger partial charge in [0, 0.05) is 31.4 Å². The Hall–Kier alpha value is -2.31. The lowest BCUT2D eigenvalue weighted by Crippen LogP contribution is -2.50. The summed E-state index contributed by atoms with van der Waals surface area (Å²) in [5.74, 6) is -1.06. The smallest absolute Gasteiger partial charge is 0.326 e. The van der Waals surface area contributed by atoms with Gasteiger partial charge in [0.25, 0.3) is 0 Å². The number of carboxylic acid groups (broad SMARTS) is 1. The topological polar surface area (TPSA) is 98.3 Å². The van der Waals surface area contributed by atoms with Crippen LogP contribution in [-0.2, 0) is 11.2 Å². The molecule has 1 aliphatic rings. The molecule has 0 bridgehead atoms. The first-order chi connectivity index (χ1) is 9.56. The first-order valence-corrected chi connectivity index (χ1v) is 6.47. The van der Waals surface area contributed by atoms with E-state index in [1.54, 1.807) is 11.1 Å². The highest BCUT2D eigenvalue weighted by Gasteiger charge is 2.24. The zero-order valence-electron chi connectivity index (χ0n) is 11.3. The summed E-state index contributed by atoms with van der Waals surface area (Å²) in [4.78, 5) is 31.6. The minimum Gasteiger partial charge on any atom is -0.480 e. The number of H-pyrrole nitrogens is 1. The molecule has 0 saturated heterocycles. The summed E-state index contributed by atoms with van der Waals surface area (Å²) in [6, 6.07) is -1.31. The van der Waals surface area contributed by atoms with Gasteiger partial charge in [-0.15, -0.1) is 0 Å². The maximum Gasteiger partial charge on any atom is 0.326 e. The van der Waals surface area contributed by atoms with E-state index in [4.69, 9.17) is 0 Å². The van der Waals surface area contributed by atoms with Crippen molar-refractivity contribution < 1.29 is 14.7 Å². The molecule has 0 radical (unpaired) electrons. The van der Waals surface area contributed by atoms with E-state index < -0.39 is 12.0 Å². The number of hydrogen-bond donors (Lipinski definition) is 3. The molecule has 1 aliphatic heterocycles. The van der Waals surface area contributed by atoms with Gasteiger partial charge < -0.3 is 20.3 Å². The summed E-state index contributed by atoms with van der Waals surface area (Å²) >= 11 is 0. The highest BCUT2D eigenvalue weighted by atomic mass is 16.4. The van der Waals surface area contributed by atoms with Crippen molar-refractivity contribution in [2.75, 3.05) is 13.1 Å². The van der Waals surface area contributed by atoms with Crippen LogP contribution in [0.4, 0.5) is 4.79 Å². The van der Waals surface area contributed by atoms with Gasteiger partial charge in [0.05, 0.1) is 6.33 Å². The van der Waals surface area contributed by atoms with Gasteiger partial charge in [0.1, 0.15) is 6.04 Å². The molecule has 0 unspecified atom stereocenters. The van der Waals surface area contributed by atoms with Gasteiger partial charge in [-0.25, -0.2) is 14.6 Å². The van der Waals surface area contributed by atoms with Gasteiger partial charge in [-0.1, -0.05) is 11.6 Å². The first kappa shape index (κ1) is 14.1. The number of carbonyl (C=O) groups excluding carboxylic acids is 1. The van der Waals surface area contributed by atoms with Gasteiger partial charge in [-0.2, -0.15) is 0 Å². The number of amides is 2. The number of aliphatic carboxylic acids is 1. The predicted molar refractivity (Wildman–Crippen MR) is 72.2 cm³/mol. The van der Waals surface area contributed by atoms with E-state index in [2.05, 4.69) is 21.4 Å². The molecule has 2 heterocycles. The lowest BCUT2D eigenvalue weighted by Gasteiger charge is -2.27. The largest absolute Gasteiger partial charge is 0.480 e. The second kappa shape index (κ2) is 6.23. The van der Waals surface area contributed by atoms with Crippen LogP contribution in [0.3, 0.4) is 0 Å². The van der Waals surface area contributed by atoms with E-state index in [0.717, 1.165) is 12.0 Å². The van der Waals surface area contributed by atoms with E-state index in [0.29, 0.717) is 18.8 Å². The molecule has 1 atom stereocenters. The number of rotatable bonds is 4. The molecule has 2 amide bonds. The monoisotopic (exact) mass is 278 g/mol. The molecule has 0 aliphatic carbocycles. The maximum absolute atomic E-state index is 12.1. The molecule has 7 heteroatoms. The first-order valence-electron chi connectivity index (χ1n) is 6.47. The van der Waals surface area contributed by atoms with Gasteiger partial charge in [0.15, 0.2) is 0 Å². The zero-order valence-corrected chi connectivity index (χ0v) is 11.3. The molecule has 1 aromatic rings. The van der Waals surface area contributed by atoms with Crippen molar-refractivity contribution >= 4 is 12.0 Å². The molecule has 7 nitrogen and oxygen atoms in total. The molecule has 2 rings (SSSR count). The number of aromatic amines is 1. The Morgan fingerprint density at radius 2 is 2.40 bits per heavy atom. The number of hydrogen-bond acceptors (Lipinski definition) is 3. The van der Waals surface area contributed by atoms with Crippen LogP contribution in [0.1, 0.15) is 19.0 Å². The molecule has 108 valence electrons. The van der Waals surface area contributed by atoms with Crippen molar-refractivity contribution in [3.05, 3.63) is 29.9 Å². The zero-order chi connectivity index (χ0) is 14.5. The van der Waals surface area contributed by atoms with Gasteiger partial charge in [-0.05, 0) is 13.3 Å². The summed E-state index contributed by atoms with van der Waals surface area (Å²) in [6.07, 6.45) is 6.11. The quantitative estimate of drug-likeness (QED) is 0.708. The van der Waals surface area contributed by atoms with Crippen molar-refractivity contribution in [2.24, 2.45) is 0 Å². The van der Waals surface area contributed by atoms with Crippen molar-refractivity contribution in [3.63, 3.8) is 0 Å². The van der Waals surface area contributed by atoms with Gasteiger partial charge >= 0.3 is 12.0 Å². The lowest BCUT2D eigenvalue weighted by molar-refractivity contribution is -0.139. The van der Waals surface area contributed by atoms with E-state index in [-0.39, 0.29) is 12.5 Å². The lowest BCUT2D eigenvalue weighted by atomic mass is 10.1. The van der Waals surface area contributed by atoms with Gasteiger partial charge in [-0.3, -0.25) is 0 Å². The summed E-state index contributed by atoms with van der Waals surface area (Å²) in [5.41, 5.74) is 1.79. The molecule has 20 heavy (non-hydrogen) atoms. The summed E-state index contributed by atoms with van der Waals surface area (Å²) < 4.78 is 0. The third-order valence-electron chi connectivity index (χ3n) is 3.19.